The van der Waals surface area contributed by atoms with E-state index in [1.807, 2.05) is 30.3 Å². The van der Waals surface area contributed by atoms with Crippen molar-refractivity contribution in [3.8, 4) is 0 Å². The van der Waals surface area contributed by atoms with Crippen molar-refractivity contribution >= 4 is 11.2 Å². The van der Waals surface area contributed by atoms with E-state index in [1.165, 1.54) is 4.57 Å². The number of aryl methyl sites for hydroxylation is 1. The van der Waals surface area contributed by atoms with Crippen LogP contribution in [0.2, 0.25) is 0 Å². The molecule has 0 saturated carbocycles. The number of nitrogens with zero attached hydrogens (tertiary/aromatic N) is 4. The van der Waals surface area contributed by atoms with Crippen molar-refractivity contribution in [2.45, 2.75) is 32.5 Å². The summed E-state index contributed by atoms with van der Waals surface area (Å²) in [4.78, 5) is 29.5. The third-order valence-electron chi connectivity index (χ3n) is 3.84. The zero-order valence-corrected chi connectivity index (χ0v) is 13.9. The van der Waals surface area contributed by atoms with Crippen LogP contribution >= 0.6 is 0 Å². The predicted octanol–water partition coefficient (Wildman–Crippen LogP) is 0.716. The Morgan fingerprint density at radius 2 is 1.83 bits per heavy atom. The Labute approximate surface area is 138 Å². The van der Waals surface area contributed by atoms with Crippen LogP contribution in [-0.2, 0) is 20.1 Å². The Morgan fingerprint density at radius 3 is 2.46 bits per heavy atom. The highest BCUT2D eigenvalue weighted by molar-refractivity contribution is 5.70. The molecule has 7 heteroatoms. The van der Waals surface area contributed by atoms with Crippen LogP contribution in [-0.4, -0.2) is 29.4 Å². The molecule has 126 valence electrons. The molecular weight excluding hydrogens is 308 g/mol. The van der Waals surface area contributed by atoms with Crippen molar-refractivity contribution in [2.24, 2.45) is 7.05 Å². The molecular formula is C17H20N4O3. The molecule has 0 atom stereocenters. The van der Waals surface area contributed by atoms with Crippen LogP contribution in [0.4, 0.5) is 0 Å². The summed E-state index contributed by atoms with van der Waals surface area (Å²) in [7, 11) is 1.57. The molecule has 3 rings (SSSR count). The van der Waals surface area contributed by atoms with Crippen LogP contribution < -0.4 is 11.2 Å². The minimum atomic E-state index is -1.17. The molecule has 7 nitrogen and oxygen atoms in total. The first-order valence-electron chi connectivity index (χ1n) is 7.69. The highest BCUT2D eigenvalue weighted by atomic mass is 16.3. The largest absolute Gasteiger partial charge is 0.389 e. The summed E-state index contributed by atoms with van der Waals surface area (Å²) in [5, 5.41) is 10.0. The first kappa shape index (κ1) is 16.2. The Hall–Kier alpha value is -2.67. The van der Waals surface area contributed by atoms with E-state index in [9.17, 15) is 14.7 Å². The standard InChI is InChI=1S/C17H20N4O3/c1-17(2,24)10-21-15(22)13-14(19(3)16(21)23)18-11-20(13)9-12-7-5-4-6-8-12/h4-8,11,24H,9-10H2,1-3H3. The number of imidazole rings is 1. The Kier molecular flexibility index (Phi) is 3.88. The summed E-state index contributed by atoms with van der Waals surface area (Å²) in [6.45, 7) is 3.52. The van der Waals surface area contributed by atoms with Gasteiger partial charge in [0.15, 0.2) is 11.2 Å². The molecule has 3 aromatic rings. The second kappa shape index (κ2) is 5.76. The summed E-state index contributed by atoms with van der Waals surface area (Å²) >= 11 is 0. The van der Waals surface area contributed by atoms with Crippen molar-refractivity contribution in [3.05, 3.63) is 63.1 Å². The molecule has 0 unspecified atom stereocenters. The third-order valence-corrected chi connectivity index (χ3v) is 3.84. The van der Waals surface area contributed by atoms with Gasteiger partial charge in [0, 0.05) is 13.6 Å². The average molecular weight is 328 g/mol. The molecule has 0 saturated heterocycles. The zero-order chi connectivity index (χ0) is 17.5. The van der Waals surface area contributed by atoms with Crippen molar-refractivity contribution in [3.63, 3.8) is 0 Å². The van der Waals surface area contributed by atoms with Crippen LogP contribution in [0, 0.1) is 0 Å². The molecule has 0 aliphatic heterocycles. The van der Waals surface area contributed by atoms with Crippen LogP contribution in [0.5, 0.6) is 0 Å². The van der Waals surface area contributed by atoms with Gasteiger partial charge in [-0.05, 0) is 19.4 Å². The molecule has 2 aromatic heterocycles. The lowest BCUT2D eigenvalue weighted by atomic mass is 10.1. The summed E-state index contributed by atoms with van der Waals surface area (Å²) < 4.78 is 4.13. The van der Waals surface area contributed by atoms with Gasteiger partial charge in [-0.15, -0.1) is 0 Å². The molecule has 2 heterocycles. The Balaban J connectivity index is 2.21. The fraction of sp³-hybridized carbons (Fsp3) is 0.353. The minimum Gasteiger partial charge on any atom is -0.389 e. The van der Waals surface area contributed by atoms with E-state index in [0.717, 1.165) is 10.1 Å². The maximum absolute atomic E-state index is 12.8. The summed E-state index contributed by atoms with van der Waals surface area (Å²) in [5.41, 5.74) is -0.381. The van der Waals surface area contributed by atoms with E-state index in [4.69, 9.17) is 0 Å². The van der Waals surface area contributed by atoms with Gasteiger partial charge >= 0.3 is 5.69 Å². The Morgan fingerprint density at radius 1 is 1.17 bits per heavy atom. The fourth-order valence-corrected chi connectivity index (χ4v) is 2.75. The van der Waals surface area contributed by atoms with E-state index in [-0.39, 0.29) is 6.54 Å². The number of hydrogen-bond donors (Lipinski definition) is 1. The SMILES string of the molecule is Cn1c(=O)n(CC(C)(C)O)c(=O)c2c1ncn2Cc1ccccc1. The van der Waals surface area contributed by atoms with E-state index in [0.29, 0.717) is 17.7 Å². The lowest BCUT2D eigenvalue weighted by Crippen LogP contribution is -2.44. The van der Waals surface area contributed by atoms with Gasteiger partial charge in [-0.2, -0.15) is 0 Å². The van der Waals surface area contributed by atoms with Crippen molar-refractivity contribution in [1.82, 2.24) is 18.7 Å². The molecule has 1 N–H and O–H groups in total. The number of aliphatic hydroxyl groups is 1. The molecule has 0 fully saturated rings. The van der Waals surface area contributed by atoms with Gasteiger partial charge in [0.2, 0.25) is 0 Å². The molecule has 1 aromatic carbocycles. The maximum atomic E-state index is 12.8. The zero-order valence-electron chi connectivity index (χ0n) is 13.9. The number of benzene rings is 1. The minimum absolute atomic E-state index is 0.0784. The van der Waals surface area contributed by atoms with Crippen LogP contribution in [0.3, 0.4) is 0 Å². The van der Waals surface area contributed by atoms with Gasteiger partial charge in [0.05, 0.1) is 18.5 Å². The molecule has 24 heavy (non-hydrogen) atoms. The lowest BCUT2D eigenvalue weighted by molar-refractivity contribution is 0.0588. The second-order valence-corrected chi connectivity index (χ2v) is 6.58. The molecule has 0 amide bonds. The van der Waals surface area contributed by atoms with Gasteiger partial charge in [-0.1, -0.05) is 30.3 Å². The van der Waals surface area contributed by atoms with Crippen molar-refractivity contribution in [2.75, 3.05) is 0 Å². The van der Waals surface area contributed by atoms with E-state index < -0.39 is 16.9 Å². The van der Waals surface area contributed by atoms with Crippen molar-refractivity contribution < 1.29 is 5.11 Å². The monoisotopic (exact) mass is 328 g/mol. The summed E-state index contributed by atoms with van der Waals surface area (Å²) in [6, 6.07) is 9.70. The van der Waals surface area contributed by atoms with E-state index >= 15 is 0 Å². The highest BCUT2D eigenvalue weighted by Gasteiger charge is 2.21. The topological polar surface area (TPSA) is 82.0 Å². The predicted molar refractivity (Wildman–Crippen MR) is 91.1 cm³/mol. The number of hydrogen-bond acceptors (Lipinski definition) is 4. The van der Waals surface area contributed by atoms with Gasteiger partial charge in [-0.25, -0.2) is 9.78 Å². The van der Waals surface area contributed by atoms with Gasteiger partial charge in [0.25, 0.3) is 5.56 Å². The smallest absolute Gasteiger partial charge is 0.332 e. The van der Waals surface area contributed by atoms with Crippen molar-refractivity contribution in [1.29, 1.82) is 0 Å². The quantitative estimate of drug-likeness (QED) is 0.765. The number of rotatable bonds is 4. The summed E-state index contributed by atoms with van der Waals surface area (Å²) in [6.07, 6.45) is 1.56. The molecule has 0 radical (unpaired) electrons. The van der Waals surface area contributed by atoms with Crippen LogP contribution in [0.25, 0.3) is 11.2 Å². The van der Waals surface area contributed by atoms with Crippen LogP contribution in [0.15, 0.2) is 46.2 Å². The molecule has 0 bridgehead atoms. The maximum Gasteiger partial charge on any atom is 0.332 e. The average Bonchev–Trinajstić information content (AvgIpc) is 2.93. The first-order valence-corrected chi connectivity index (χ1v) is 7.69. The highest BCUT2D eigenvalue weighted by Crippen LogP contribution is 2.10. The lowest BCUT2D eigenvalue weighted by Gasteiger charge is -2.18. The van der Waals surface area contributed by atoms with Gasteiger partial charge in [0.1, 0.15) is 0 Å². The number of aromatic nitrogens is 4. The Bertz CT molecular complexity index is 991. The summed E-state index contributed by atoms with van der Waals surface area (Å²) in [5.74, 6) is 0. The van der Waals surface area contributed by atoms with Gasteiger partial charge < -0.3 is 9.67 Å². The second-order valence-electron chi connectivity index (χ2n) is 6.58. The normalized spacial score (nSPS) is 12.0. The third kappa shape index (κ3) is 2.90. The molecule has 0 aliphatic rings. The van der Waals surface area contributed by atoms with Gasteiger partial charge in [-0.3, -0.25) is 13.9 Å². The molecule has 0 spiro atoms. The van der Waals surface area contributed by atoms with E-state index in [1.54, 1.807) is 31.8 Å². The molecule has 0 aliphatic carbocycles. The van der Waals surface area contributed by atoms with Crippen LogP contribution in [0.1, 0.15) is 19.4 Å². The first-order chi connectivity index (χ1) is 11.3. The fourth-order valence-electron chi connectivity index (χ4n) is 2.75. The van der Waals surface area contributed by atoms with E-state index in [2.05, 4.69) is 4.98 Å². The number of fused-ring (bicyclic) bond motifs is 1.